The Bertz CT molecular complexity index is 412. The largest absolute Gasteiger partial charge is 0.369 e. The van der Waals surface area contributed by atoms with E-state index in [2.05, 4.69) is 9.84 Å². The fourth-order valence-electron chi connectivity index (χ4n) is 0.921. The van der Waals surface area contributed by atoms with Crippen molar-refractivity contribution < 1.29 is 4.79 Å². The minimum Gasteiger partial charge on any atom is -0.369 e. The van der Waals surface area contributed by atoms with Crippen LogP contribution in [0.25, 0.3) is 4.85 Å². The topological polar surface area (TPSA) is 37.0 Å². The van der Waals surface area contributed by atoms with Gasteiger partial charge in [0.2, 0.25) is 0 Å². The molecule has 4 heteroatoms. The van der Waals surface area contributed by atoms with Crippen LogP contribution in [-0.2, 0) is 0 Å². The first-order chi connectivity index (χ1) is 7.13. The van der Waals surface area contributed by atoms with Gasteiger partial charge < -0.3 is 4.90 Å². The van der Waals surface area contributed by atoms with Crippen molar-refractivity contribution >= 4 is 17.9 Å². The lowest BCUT2D eigenvalue weighted by Gasteiger charge is -2.01. The van der Waals surface area contributed by atoms with Gasteiger partial charge in [-0.2, -0.15) is 4.99 Å². The molecule has 76 valence electrons. The number of nitrogens with zero attached hydrogens (tertiary/aromatic N) is 3. The van der Waals surface area contributed by atoms with Crippen LogP contribution in [0.1, 0.15) is 10.4 Å². The summed E-state index contributed by atoms with van der Waals surface area (Å²) < 4.78 is 0. The summed E-state index contributed by atoms with van der Waals surface area (Å²) in [5.74, 6) is -0.305. The zero-order chi connectivity index (χ0) is 11.3. The third kappa shape index (κ3) is 3.24. The molecule has 0 N–H and O–H groups in total. The maximum atomic E-state index is 11.4. The van der Waals surface area contributed by atoms with Crippen LogP contribution in [-0.4, -0.2) is 31.2 Å². The van der Waals surface area contributed by atoms with Crippen LogP contribution in [0, 0.1) is 6.57 Å². The fourth-order valence-corrected chi connectivity index (χ4v) is 0.921. The fraction of sp³-hybridized carbons (Fsp3) is 0.182. The van der Waals surface area contributed by atoms with E-state index in [-0.39, 0.29) is 5.91 Å². The molecule has 0 saturated carbocycles. The van der Waals surface area contributed by atoms with E-state index in [4.69, 9.17) is 6.57 Å². The van der Waals surface area contributed by atoms with Crippen LogP contribution >= 0.6 is 0 Å². The molecule has 0 aliphatic carbocycles. The number of hydrogen-bond acceptors (Lipinski definition) is 1. The van der Waals surface area contributed by atoms with Crippen molar-refractivity contribution in [2.45, 2.75) is 0 Å². The third-order valence-corrected chi connectivity index (χ3v) is 1.65. The highest BCUT2D eigenvalue weighted by Crippen LogP contribution is 2.12. The number of carbonyl (C=O) groups excluding carboxylic acids is 1. The van der Waals surface area contributed by atoms with E-state index in [1.807, 2.05) is 0 Å². The monoisotopic (exact) mass is 201 g/mol. The predicted octanol–water partition coefficient (Wildman–Crippen LogP) is 1.97. The smallest absolute Gasteiger partial charge is 0.278 e. The first-order valence-electron chi connectivity index (χ1n) is 4.36. The molecule has 1 aromatic carbocycles. The van der Waals surface area contributed by atoms with Crippen molar-refractivity contribution in [2.75, 3.05) is 14.1 Å². The number of amides is 1. The molecule has 0 spiro atoms. The van der Waals surface area contributed by atoms with Crippen LogP contribution in [0.5, 0.6) is 0 Å². The molecule has 0 aromatic heterocycles. The Kier molecular flexibility index (Phi) is 3.58. The molecule has 0 aliphatic heterocycles. The van der Waals surface area contributed by atoms with Gasteiger partial charge in [0, 0.05) is 19.7 Å². The Labute approximate surface area is 88.7 Å². The predicted molar refractivity (Wildman–Crippen MR) is 59.2 cm³/mol. The van der Waals surface area contributed by atoms with Gasteiger partial charge in [-0.3, -0.25) is 4.79 Å². The molecule has 0 bridgehead atoms. The summed E-state index contributed by atoms with van der Waals surface area (Å²) in [7, 11) is 3.58. The molecule has 1 aromatic rings. The van der Waals surface area contributed by atoms with Crippen molar-refractivity contribution in [1.29, 1.82) is 0 Å². The molecule has 0 aliphatic rings. The third-order valence-electron chi connectivity index (χ3n) is 1.65. The SMILES string of the molecule is [C-]#[N+]c1ccc(C(=O)/N=C/N(C)C)cc1. The summed E-state index contributed by atoms with van der Waals surface area (Å²) in [5, 5.41) is 0. The summed E-state index contributed by atoms with van der Waals surface area (Å²) >= 11 is 0. The standard InChI is InChI=1S/C11H11N3O/c1-12-10-6-4-9(5-7-10)11(15)13-8-14(2)3/h4-8H,2-3H3/b13-8+. The summed E-state index contributed by atoms with van der Waals surface area (Å²) in [6.45, 7) is 6.76. The van der Waals surface area contributed by atoms with E-state index >= 15 is 0 Å². The van der Waals surface area contributed by atoms with E-state index in [0.29, 0.717) is 11.3 Å². The van der Waals surface area contributed by atoms with Gasteiger partial charge >= 0.3 is 0 Å². The van der Waals surface area contributed by atoms with Crippen LogP contribution < -0.4 is 0 Å². The first kappa shape index (κ1) is 10.9. The van der Waals surface area contributed by atoms with Crippen molar-refractivity contribution in [3.05, 3.63) is 41.2 Å². The molecule has 15 heavy (non-hydrogen) atoms. The Hall–Kier alpha value is -2.15. The Morgan fingerprint density at radius 1 is 1.40 bits per heavy atom. The molecule has 1 rings (SSSR count). The van der Waals surface area contributed by atoms with E-state index in [1.165, 1.54) is 6.34 Å². The molecular formula is C11H11N3O. The van der Waals surface area contributed by atoms with Gasteiger partial charge in [0.1, 0.15) is 0 Å². The van der Waals surface area contributed by atoms with Crippen molar-refractivity contribution in [3.63, 3.8) is 0 Å². The maximum Gasteiger partial charge on any atom is 0.278 e. The van der Waals surface area contributed by atoms with Crippen LogP contribution in [0.3, 0.4) is 0 Å². The maximum absolute atomic E-state index is 11.4. The van der Waals surface area contributed by atoms with Gasteiger partial charge in [-0.1, -0.05) is 24.3 Å². The van der Waals surface area contributed by atoms with E-state index < -0.39 is 0 Å². The van der Waals surface area contributed by atoms with Crippen LogP contribution in [0.2, 0.25) is 0 Å². The number of carbonyl (C=O) groups is 1. The second kappa shape index (κ2) is 4.91. The summed E-state index contributed by atoms with van der Waals surface area (Å²) in [4.78, 5) is 20.1. The zero-order valence-corrected chi connectivity index (χ0v) is 8.64. The molecular weight excluding hydrogens is 190 g/mol. The minimum absolute atomic E-state index is 0.305. The van der Waals surface area contributed by atoms with Gasteiger partial charge in [0.25, 0.3) is 5.91 Å². The van der Waals surface area contributed by atoms with E-state index in [0.717, 1.165) is 0 Å². The molecule has 0 heterocycles. The zero-order valence-electron chi connectivity index (χ0n) is 8.64. The van der Waals surface area contributed by atoms with Crippen LogP contribution in [0.4, 0.5) is 5.69 Å². The van der Waals surface area contributed by atoms with Gasteiger partial charge in [-0.05, 0) is 0 Å². The van der Waals surface area contributed by atoms with Crippen molar-refractivity contribution in [2.24, 2.45) is 4.99 Å². The quantitative estimate of drug-likeness (QED) is 0.416. The Morgan fingerprint density at radius 2 is 2.00 bits per heavy atom. The van der Waals surface area contributed by atoms with E-state index in [9.17, 15) is 4.79 Å². The van der Waals surface area contributed by atoms with Gasteiger partial charge in [0.05, 0.1) is 12.9 Å². The lowest BCUT2D eigenvalue weighted by molar-refractivity contribution is 0.100. The second-order valence-electron chi connectivity index (χ2n) is 3.17. The summed E-state index contributed by atoms with van der Waals surface area (Å²) in [5.41, 5.74) is 1.00. The molecule has 0 unspecified atom stereocenters. The molecule has 4 nitrogen and oxygen atoms in total. The average Bonchev–Trinajstić information content (AvgIpc) is 2.26. The van der Waals surface area contributed by atoms with Gasteiger partial charge in [-0.25, -0.2) is 4.85 Å². The number of benzene rings is 1. The number of hydrogen-bond donors (Lipinski definition) is 0. The molecule has 1 amide bonds. The van der Waals surface area contributed by atoms with Gasteiger partial charge in [-0.15, -0.1) is 0 Å². The molecule has 0 saturated heterocycles. The average molecular weight is 201 g/mol. The second-order valence-corrected chi connectivity index (χ2v) is 3.17. The molecule has 0 radical (unpaired) electrons. The number of rotatable bonds is 2. The lowest BCUT2D eigenvalue weighted by Crippen LogP contribution is -2.09. The highest BCUT2D eigenvalue weighted by molar-refractivity contribution is 5.98. The molecule has 0 atom stereocenters. The highest BCUT2D eigenvalue weighted by atomic mass is 16.1. The minimum atomic E-state index is -0.305. The number of aliphatic imine (C=N–C) groups is 1. The normalized spacial score (nSPS) is 9.93. The Morgan fingerprint density at radius 3 is 2.47 bits per heavy atom. The first-order valence-corrected chi connectivity index (χ1v) is 4.36. The highest BCUT2D eigenvalue weighted by Gasteiger charge is 2.02. The summed E-state index contributed by atoms with van der Waals surface area (Å²) in [6.07, 6.45) is 1.45. The molecule has 0 fully saturated rings. The van der Waals surface area contributed by atoms with Crippen molar-refractivity contribution in [3.8, 4) is 0 Å². The van der Waals surface area contributed by atoms with E-state index in [1.54, 1.807) is 43.3 Å². The lowest BCUT2D eigenvalue weighted by atomic mass is 10.2. The summed E-state index contributed by atoms with van der Waals surface area (Å²) in [6, 6.07) is 6.40. The Balaban J connectivity index is 2.80. The van der Waals surface area contributed by atoms with Gasteiger partial charge in [0.15, 0.2) is 5.69 Å². The van der Waals surface area contributed by atoms with Crippen LogP contribution in [0.15, 0.2) is 29.3 Å². The van der Waals surface area contributed by atoms with Crippen molar-refractivity contribution in [1.82, 2.24) is 4.90 Å².